The van der Waals surface area contributed by atoms with Gasteiger partial charge in [0.2, 0.25) is 0 Å². The Hall–Kier alpha value is -3.37. The summed E-state index contributed by atoms with van der Waals surface area (Å²) in [6.45, 7) is 16.3. The largest absolute Gasteiger partial charge is 0.519 e. The highest BCUT2D eigenvalue weighted by molar-refractivity contribution is 5.96. The second-order valence-corrected chi connectivity index (χ2v) is 18.3. The van der Waals surface area contributed by atoms with Crippen molar-refractivity contribution < 1.29 is 42.6 Å². The van der Waals surface area contributed by atoms with E-state index in [4.69, 9.17) is 18.3 Å². The Balaban J connectivity index is 1.29. The fraction of sp³-hybridized carbons (Fsp3) is 0.769. The lowest BCUT2D eigenvalue weighted by molar-refractivity contribution is -0.210. The maximum Gasteiger partial charge on any atom is 0.519 e. The van der Waals surface area contributed by atoms with Gasteiger partial charge < -0.3 is 28.3 Å². The van der Waals surface area contributed by atoms with Crippen molar-refractivity contribution in [2.75, 3.05) is 6.54 Å². The number of fused-ring (bicyclic) bond motifs is 7. The van der Waals surface area contributed by atoms with Crippen LogP contribution in [0.2, 0.25) is 0 Å². The smallest absolute Gasteiger partial charge is 0.481 e. The van der Waals surface area contributed by atoms with E-state index in [1.807, 2.05) is 26.8 Å². The summed E-state index contributed by atoms with van der Waals surface area (Å²) >= 11 is 0. The number of nitrogens with zero attached hydrogens (tertiary/aromatic N) is 1. The molecule has 1 aromatic rings. The van der Waals surface area contributed by atoms with Crippen molar-refractivity contribution in [2.24, 2.45) is 50.2 Å². The molecule has 1 amide bonds. The topological polar surface area (TPSA) is 154 Å². The zero-order valence-electron chi connectivity index (χ0n) is 30.8. The van der Waals surface area contributed by atoms with Gasteiger partial charge >= 0.3 is 23.9 Å². The van der Waals surface area contributed by atoms with Crippen molar-refractivity contribution >= 4 is 23.8 Å². The van der Waals surface area contributed by atoms with Crippen LogP contribution in [-0.4, -0.2) is 52.5 Å². The lowest BCUT2D eigenvalue weighted by atomic mass is 9.33. The van der Waals surface area contributed by atoms with Gasteiger partial charge in [0, 0.05) is 5.92 Å². The third-order valence-corrected chi connectivity index (χ3v) is 15.7. The molecule has 274 valence electrons. The van der Waals surface area contributed by atoms with Gasteiger partial charge in [-0.2, -0.15) is 0 Å². The van der Waals surface area contributed by atoms with Crippen LogP contribution in [0.5, 0.6) is 0 Å². The fourth-order valence-corrected chi connectivity index (χ4v) is 12.5. The van der Waals surface area contributed by atoms with E-state index in [1.165, 1.54) is 0 Å². The summed E-state index contributed by atoms with van der Waals surface area (Å²) in [6.07, 6.45) is 7.49. The molecule has 2 heterocycles. The van der Waals surface area contributed by atoms with E-state index in [0.717, 1.165) is 24.8 Å². The molecule has 1 N–H and O–H groups in total. The second kappa shape index (κ2) is 11.1. The summed E-state index contributed by atoms with van der Waals surface area (Å²) in [5.41, 5.74) is -2.30. The number of carboxylic acid groups (broad SMARTS) is 1. The highest BCUT2D eigenvalue weighted by atomic mass is 16.6. The van der Waals surface area contributed by atoms with Gasteiger partial charge in [-0.3, -0.25) is 14.4 Å². The third-order valence-electron chi connectivity index (χ3n) is 15.7. The maximum absolute atomic E-state index is 14.9. The predicted octanol–water partition coefficient (Wildman–Crippen LogP) is 6.84. The van der Waals surface area contributed by atoms with Crippen molar-refractivity contribution in [3.05, 3.63) is 33.8 Å². The van der Waals surface area contributed by atoms with Crippen molar-refractivity contribution in [3.8, 4) is 0 Å². The Morgan fingerprint density at radius 1 is 0.960 bits per heavy atom. The minimum atomic E-state index is -1.20. The number of ether oxygens (including phenoxy) is 2. The van der Waals surface area contributed by atoms with Crippen molar-refractivity contribution in [1.82, 2.24) is 4.90 Å². The van der Waals surface area contributed by atoms with Gasteiger partial charge in [-0.15, -0.1) is 0 Å². The van der Waals surface area contributed by atoms with E-state index >= 15 is 0 Å². The average Bonchev–Trinajstić information content (AvgIpc) is 3.54. The predicted molar refractivity (Wildman–Crippen MR) is 180 cm³/mol. The van der Waals surface area contributed by atoms with E-state index in [2.05, 4.69) is 27.7 Å². The second-order valence-electron chi connectivity index (χ2n) is 18.3. The lowest BCUT2D eigenvalue weighted by Gasteiger charge is -2.70. The number of rotatable bonds is 5. The molecule has 50 heavy (non-hydrogen) atoms. The molecule has 5 aliphatic carbocycles. The first-order valence-electron chi connectivity index (χ1n) is 18.5. The molecular weight excluding hydrogens is 642 g/mol. The molecule has 11 nitrogen and oxygen atoms in total. The number of carbonyl (C=O) groups is 4. The Labute approximate surface area is 293 Å². The SMILES string of the molecule is Cc1oc(=O)oc1COC(=O)[C@@]1(C)C2CC[C@]3(C)[C@H](C(=O)C=C4[C@@H]5C[C@@](C)(C(=O)O)CC[C@]5(C)CC[C@]43C)[C@@]2(C)CC[C@@H]1N1C[C@@H](C)OC1=O. The van der Waals surface area contributed by atoms with E-state index in [9.17, 15) is 29.1 Å². The van der Waals surface area contributed by atoms with Gasteiger partial charge in [0.1, 0.15) is 6.10 Å². The minimum absolute atomic E-state index is 0.00827. The van der Waals surface area contributed by atoms with Crippen LogP contribution >= 0.6 is 0 Å². The van der Waals surface area contributed by atoms with E-state index in [0.29, 0.717) is 45.1 Å². The monoisotopic (exact) mass is 695 g/mol. The fourth-order valence-electron chi connectivity index (χ4n) is 12.5. The van der Waals surface area contributed by atoms with Crippen LogP contribution in [0.1, 0.15) is 118 Å². The van der Waals surface area contributed by atoms with E-state index in [1.54, 1.807) is 11.8 Å². The molecule has 0 bridgehead atoms. The summed E-state index contributed by atoms with van der Waals surface area (Å²) in [7, 11) is 0. The van der Waals surface area contributed by atoms with Crippen LogP contribution < -0.4 is 5.82 Å². The number of ketones is 1. The molecule has 1 unspecified atom stereocenters. The van der Waals surface area contributed by atoms with Gasteiger partial charge in [0.15, 0.2) is 23.9 Å². The Morgan fingerprint density at radius 2 is 1.66 bits per heavy atom. The zero-order valence-corrected chi connectivity index (χ0v) is 30.8. The zero-order chi connectivity index (χ0) is 36.4. The Bertz CT molecular complexity index is 1740. The molecule has 6 aliphatic rings. The maximum atomic E-state index is 14.9. The summed E-state index contributed by atoms with van der Waals surface area (Å²) in [4.78, 5) is 68.6. The number of hydrogen-bond donors (Lipinski definition) is 1. The summed E-state index contributed by atoms with van der Waals surface area (Å²) in [6, 6.07) is -0.515. The first kappa shape index (κ1) is 35.1. The number of amides is 1. The number of allylic oxidation sites excluding steroid dienone is 2. The van der Waals surface area contributed by atoms with Crippen LogP contribution in [-0.2, 0) is 30.5 Å². The molecule has 5 fully saturated rings. The number of cyclic esters (lactones) is 1. The lowest BCUT2D eigenvalue weighted by Crippen LogP contribution is -2.69. The number of aryl methyl sites for hydroxylation is 1. The highest BCUT2D eigenvalue weighted by Gasteiger charge is 2.72. The standard InChI is InChI=1S/C39H53NO10/c1-21-19-40(32(45)48-21)28-10-11-36(5)27(39(28,8)31(44)47-20-26-22(2)49-33(46)50-26)9-12-38(7)29(36)25(41)17-23-24-18-35(4,30(42)43)14-13-34(24,3)15-16-37(23,38)6/h17,21,24,27-29H,9-16,18-20H2,1-8H3,(H,42,43)/t21-,24+,27?,28+,29-,34-,35+,36+,37-,38-,39+/m1/s1. The Kier molecular flexibility index (Phi) is 7.76. The van der Waals surface area contributed by atoms with Crippen LogP contribution in [0.3, 0.4) is 0 Å². The number of carbonyl (C=O) groups excluding carboxylic acids is 3. The molecule has 7 rings (SSSR count). The Morgan fingerprint density at radius 3 is 2.28 bits per heavy atom. The quantitative estimate of drug-likeness (QED) is 0.324. The van der Waals surface area contributed by atoms with Crippen LogP contribution in [0, 0.1) is 57.2 Å². The van der Waals surface area contributed by atoms with E-state index in [-0.39, 0.29) is 58.6 Å². The van der Waals surface area contributed by atoms with Gasteiger partial charge in [-0.05, 0) is 125 Å². The molecule has 11 atom stereocenters. The third kappa shape index (κ3) is 4.62. The summed E-state index contributed by atoms with van der Waals surface area (Å²) < 4.78 is 21.6. The minimum Gasteiger partial charge on any atom is -0.481 e. The molecule has 4 saturated carbocycles. The van der Waals surface area contributed by atoms with Crippen molar-refractivity contribution in [2.45, 2.75) is 132 Å². The summed E-state index contributed by atoms with van der Waals surface area (Å²) in [5.74, 6) is -2.39. The van der Waals surface area contributed by atoms with Gasteiger partial charge in [-0.25, -0.2) is 9.59 Å². The van der Waals surface area contributed by atoms with Crippen LogP contribution in [0.25, 0.3) is 0 Å². The van der Waals surface area contributed by atoms with Crippen molar-refractivity contribution in [1.29, 1.82) is 0 Å². The number of aliphatic carboxylic acids is 1. The van der Waals surface area contributed by atoms with Crippen molar-refractivity contribution in [3.63, 3.8) is 0 Å². The highest BCUT2D eigenvalue weighted by Crippen LogP contribution is 2.75. The molecule has 11 heteroatoms. The van der Waals surface area contributed by atoms with Gasteiger partial charge in [-0.1, -0.05) is 33.3 Å². The van der Waals surface area contributed by atoms with Crippen LogP contribution in [0.15, 0.2) is 25.3 Å². The van der Waals surface area contributed by atoms with E-state index < -0.39 is 51.6 Å². The molecule has 1 aromatic heterocycles. The summed E-state index contributed by atoms with van der Waals surface area (Å²) in [5, 5.41) is 10.2. The molecule has 0 radical (unpaired) electrons. The number of hydrogen-bond acceptors (Lipinski definition) is 9. The molecule has 1 aliphatic heterocycles. The molecule has 1 saturated heterocycles. The molecule has 0 aromatic carbocycles. The van der Waals surface area contributed by atoms with Gasteiger partial charge in [0.25, 0.3) is 0 Å². The molecule has 0 spiro atoms. The number of esters is 1. The van der Waals surface area contributed by atoms with Crippen LogP contribution in [0.4, 0.5) is 4.79 Å². The first-order chi connectivity index (χ1) is 23.2. The van der Waals surface area contributed by atoms with Gasteiger partial charge in [0.05, 0.1) is 23.4 Å². The first-order valence-corrected chi connectivity index (χ1v) is 18.5. The average molecular weight is 696 g/mol. The number of carboxylic acids is 1. The molecular formula is C39H53NO10. The normalized spacial score (nSPS) is 45.4.